The van der Waals surface area contributed by atoms with E-state index < -0.39 is 0 Å². The van der Waals surface area contributed by atoms with Crippen LogP contribution in [0.2, 0.25) is 0 Å². The molecule has 1 fully saturated rings. The Morgan fingerprint density at radius 3 is 2.30 bits per heavy atom. The number of rotatable bonds is 8. The molecule has 0 spiro atoms. The van der Waals surface area contributed by atoms with Crippen LogP contribution in [0, 0.1) is 12.8 Å². The molecular formula is C25H37N5. The maximum Gasteiger partial charge on any atom is 0.196 e. The molecule has 1 atom stereocenters. The third kappa shape index (κ3) is 7.47. The van der Waals surface area contributed by atoms with Gasteiger partial charge in [0.05, 0.1) is 6.54 Å². The van der Waals surface area contributed by atoms with E-state index in [-0.39, 0.29) is 0 Å². The first kappa shape index (κ1) is 22.3. The lowest BCUT2D eigenvalue weighted by molar-refractivity contribution is 0.124. The average Bonchev–Trinajstić information content (AvgIpc) is 2.78. The Labute approximate surface area is 182 Å². The lowest BCUT2D eigenvalue weighted by Crippen LogP contribution is -2.48. The summed E-state index contributed by atoms with van der Waals surface area (Å²) in [6.45, 7) is 15.3. The highest BCUT2D eigenvalue weighted by Crippen LogP contribution is 2.08. The van der Waals surface area contributed by atoms with Crippen LogP contribution in [0.25, 0.3) is 0 Å². The van der Waals surface area contributed by atoms with E-state index in [2.05, 4.69) is 77.6 Å². The first-order chi connectivity index (χ1) is 14.6. The van der Waals surface area contributed by atoms with Crippen molar-refractivity contribution in [3.05, 3.63) is 65.7 Å². The summed E-state index contributed by atoms with van der Waals surface area (Å²) in [7, 11) is 0. The highest BCUT2D eigenvalue weighted by molar-refractivity contribution is 5.93. The van der Waals surface area contributed by atoms with Crippen LogP contribution in [-0.4, -0.2) is 61.6 Å². The van der Waals surface area contributed by atoms with E-state index in [0.717, 1.165) is 31.3 Å². The molecule has 5 heteroatoms. The molecule has 0 bridgehead atoms. The van der Waals surface area contributed by atoms with Crippen molar-refractivity contribution in [2.24, 2.45) is 10.9 Å². The van der Waals surface area contributed by atoms with Gasteiger partial charge in [-0.2, -0.15) is 0 Å². The zero-order valence-electron chi connectivity index (χ0n) is 18.8. The summed E-state index contributed by atoms with van der Waals surface area (Å²) in [6.07, 6.45) is 0. The number of hydrogen-bond acceptors (Lipinski definition) is 3. The van der Waals surface area contributed by atoms with E-state index in [1.807, 2.05) is 18.2 Å². The van der Waals surface area contributed by atoms with E-state index in [4.69, 9.17) is 4.99 Å². The van der Waals surface area contributed by atoms with Crippen molar-refractivity contribution >= 4 is 11.6 Å². The fourth-order valence-corrected chi connectivity index (χ4v) is 3.73. The van der Waals surface area contributed by atoms with Crippen molar-refractivity contribution < 1.29 is 0 Å². The van der Waals surface area contributed by atoms with Crippen LogP contribution in [0.5, 0.6) is 0 Å². The van der Waals surface area contributed by atoms with Crippen molar-refractivity contribution in [3.8, 4) is 0 Å². The Balaban J connectivity index is 1.54. The number of anilines is 1. The van der Waals surface area contributed by atoms with Gasteiger partial charge in [0.1, 0.15) is 0 Å². The highest BCUT2D eigenvalue weighted by Gasteiger charge is 2.17. The average molecular weight is 408 g/mol. The molecule has 1 aliphatic rings. The Morgan fingerprint density at radius 2 is 1.63 bits per heavy atom. The third-order valence-electron chi connectivity index (χ3n) is 5.68. The first-order valence-corrected chi connectivity index (χ1v) is 11.2. The fourth-order valence-electron chi connectivity index (χ4n) is 3.73. The smallest absolute Gasteiger partial charge is 0.196 e. The SMILES string of the molecule is CCN1CCN(CC(C)CNC(=NCc2ccc(C)cc2)Nc2ccccc2)CC1. The van der Waals surface area contributed by atoms with Gasteiger partial charge in [0.2, 0.25) is 0 Å². The molecule has 3 rings (SSSR count). The fraction of sp³-hybridized carbons (Fsp3) is 0.480. The van der Waals surface area contributed by atoms with Gasteiger partial charge in [-0.25, -0.2) is 4.99 Å². The first-order valence-electron chi connectivity index (χ1n) is 11.2. The Bertz CT molecular complexity index is 764. The van der Waals surface area contributed by atoms with E-state index in [9.17, 15) is 0 Å². The molecule has 5 nitrogen and oxygen atoms in total. The van der Waals surface area contributed by atoms with Crippen LogP contribution in [0.1, 0.15) is 25.0 Å². The molecule has 1 aliphatic heterocycles. The summed E-state index contributed by atoms with van der Waals surface area (Å²) in [5, 5.41) is 7.01. The van der Waals surface area contributed by atoms with Crippen LogP contribution in [0.4, 0.5) is 5.69 Å². The molecule has 0 saturated carbocycles. The standard InChI is InChI=1S/C25H37N5/c1-4-29-14-16-30(17-15-29)20-22(3)18-26-25(28-24-8-6-5-7-9-24)27-19-23-12-10-21(2)11-13-23/h5-13,22H,4,14-20H2,1-3H3,(H2,26,27,28). The van der Waals surface area contributed by atoms with Gasteiger partial charge < -0.3 is 20.4 Å². The minimum Gasteiger partial charge on any atom is -0.356 e. The van der Waals surface area contributed by atoms with Crippen molar-refractivity contribution in [2.45, 2.75) is 27.3 Å². The lowest BCUT2D eigenvalue weighted by atomic mass is 10.1. The number of nitrogens with one attached hydrogen (secondary N) is 2. The Kier molecular flexibility index (Phi) is 8.72. The molecule has 1 saturated heterocycles. The predicted molar refractivity (Wildman–Crippen MR) is 128 cm³/mol. The van der Waals surface area contributed by atoms with Crippen LogP contribution in [-0.2, 0) is 6.54 Å². The molecule has 30 heavy (non-hydrogen) atoms. The van der Waals surface area contributed by atoms with Gasteiger partial charge in [-0.05, 0) is 37.1 Å². The van der Waals surface area contributed by atoms with E-state index in [0.29, 0.717) is 12.5 Å². The zero-order chi connectivity index (χ0) is 21.2. The second-order valence-electron chi connectivity index (χ2n) is 8.36. The molecule has 0 aromatic heterocycles. The molecular weight excluding hydrogens is 370 g/mol. The monoisotopic (exact) mass is 407 g/mol. The van der Waals surface area contributed by atoms with E-state index in [1.165, 1.54) is 37.3 Å². The van der Waals surface area contributed by atoms with E-state index >= 15 is 0 Å². The second-order valence-corrected chi connectivity index (χ2v) is 8.36. The summed E-state index contributed by atoms with van der Waals surface area (Å²) >= 11 is 0. The Hall–Kier alpha value is -2.37. The van der Waals surface area contributed by atoms with E-state index in [1.54, 1.807) is 0 Å². The lowest BCUT2D eigenvalue weighted by Gasteiger charge is -2.35. The number of aryl methyl sites for hydroxylation is 1. The van der Waals surface area contributed by atoms with Gasteiger partial charge in [0.25, 0.3) is 0 Å². The molecule has 0 aliphatic carbocycles. The van der Waals surface area contributed by atoms with Crippen LogP contribution in [0.3, 0.4) is 0 Å². The molecule has 0 amide bonds. The molecule has 1 heterocycles. The van der Waals surface area contributed by atoms with Crippen LogP contribution >= 0.6 is 0 Å². The summed E-state index contributed by atoms with van der Waals surface area (Å²) < 4.78 is 0. The number of para-hydroxylation sites is 1. The van der Waals surface area contributed by atoms with Gasteiger partial charge in [-0.15, -0.1) is 0 Å². The number of aliphatic imine (C=N–C) groups is 1. The largest absolute Gasteiger partial charge is 0.356 e. The van der Waals surface area contributed by atoms with Gasteiger partial charge in [-0.3, -0.25) is 0 Å². The summed E-state index contributed by atoms with van der Waals surface area (Å²) in [6, 6.07) is 18.8. The van der Waals surface area contributed by atoms with Crippen molar-refractivity contribution in [2.75, 3.05) is 51.1 Å². The van der Waals surface area contributed by atoms with Gasteiger partial charge in [0, 0.05) is 45.0 Å². The number of hydrogen-bond donors (Lipinski definition) is 2. The summed E-state index contributed by atoms with van der Waals surface area (Å²) in [5.74, 6) is 1.39. The number of nitrogens with zero attached hydrogens (tertiary/aromatic N) is 3. The van der Waals surface area contributed by atoms with Gasteiger partial charge in [-0.1, -0.05) is 61.9 Å². The second kappa shape index (κ2) is 11.7. The summed E-state index contributed by atoms with van der Waals surface area (Å²) in [5.41, 5.74) is 3.55. The number of piperazine rings is 1. The quantitative estimate of drug-likeness (QED) is 0.516. The maximum absolute atomic E-state index is 4.83. The molecule has 1 unspecified atom stereocenters. The summed E-state index contributed by atoms with van der Waals surface area (Å²) in [4.78, 5) is 9.95. The zero-order valence-corrected chi connectivity index (χ0v) is 18.8. The minimum atomic E-state index is 0.556. The number of benzene rings is 2. The predicted octanol–water partition coefficient (Wildman–Crippen LogP) is 3.83. The van der Waals surface area contributed by atoms with Crippen LogP contribution < -0.4 is 10.6 Å². The molecule has 2 N–H and O–H groups in total. The number of guanidine groups is 1. The molecule has 2 aromatic carbocycles. The van der Waals surface area contributed by atoms with Crippen molar-refractivity contribution in [1.29, 1.82) is 0 Å². The third-order valence-corrected chi connectivity index (χ3v) is 5.68. The maximum atomic E-state index is 4.83. The van der Waals surface area contributed by atoms with Crippen LogP contribution in [0.15, 0.2) is 59.6 Å². The topological polar surface area (TPSA) is 42.9 Å². The minimum absolute atomic E-state index is 0.556. The van der Waals surface area contributed by atoms with Crippen molar-refractivity contribution in [3.63, 3.8) is 0 Å². The van der Waals surface area contributed by atoms with Gasteiger partial charge >= 0.3 is 0 Å². The highest BCUT2D eigenvalue weighted by atomic mass is 15.3. The molecule has 2 aromatic rings. The van der Waals surface area contributed by atoms with Crippen molar-refractivity contribution in [1.82, 2.24) is 15.1 Å². The van der Waals surface area contributed by atoms with Gasteiger partial charge in [0.15, 0.2) is 5.96 Å². The molecule has 162 valence electrons. The molecule has 0 radical (unpaired) electrons. The normalized spacial score (nSPS) is 17.0. The Morgan fingerprint density at radius 1 is 0.967 bits per heavy atom. The number of likely N-dealkylation sites (N-methyl/N-ethyl adjacent to an activating group) is 1.